The summed E-state index contributed by atoms with van der Waals surface area (Å²) in [4.78, 5) is 4.05. The Kier molecular flexibility index (Phi) is 5.74. The van der Waals surface area contributed by atoms with Crippen molar-refractivity contribution >= 4 is 10.2 Å². The van der Waals surface area contributed by atoms with Crippen molar-refractivity contribution in [2.75, 3.05) is 26.7 Å². The van der Waals surface area contributed by atoms with E-state index in [4.69, 9.17) is 4.42 Å². The van der Waals surface area contributed by atoms with Gasteiger partial charge in [-0.1, -0.05) is 6.92 Å². The normalized spacial score (nSPS) is 18.2. The molecule has 1 aromatic rings. The van der Waals surface area contributed by atoms with Gasteiger partial charge in [-0.3, -0.25) is 0 Å². The summed E-state index contributed by atoms with van der Waals surface area (Å²) in [6.45, 7) is 4.13. The maximum absolute atomic E-state index is 12.2. The first-order valence-electron chi connectivity index (χ1n) is 7.38. The number of hydrogen-bond acceptors (Lipinski definition) is 5. The fourth-order valence-electron chi connectivity index (χ4n) is 2.48. The van der Waals surface area contributed by atoms with Gasteiger partial charge in [-0.25, -0.2) is 4.98 Å². The third-order valence-corrected chi connectivity index (χ3v) is 5.32. The molecule has 2 rings (SSSR count). The highest BCUT2D eigenvalue weighted by Gasteiger charge is 2.27. The molecule has 0 saturated carbocycles. The van der Waals surface area contributed by atoms with Gasteiger partial charge >= 0.3 is 0 Å². The molecular weight excluding hydrogens is 292 g/mol. The van der Waals surface area contributed by atoms with E-state index >= 15 is 0 Å². The fraction of sp³-hybridized carbons (Fsp3) is 0.769. The average molecular weight is 316 g/mol. The number of hydrogen-bond donors (Lipinski definition) is 2. The Hall–Kier alpha value is -0.960. The van der Waals surface area contributed by atoms with E-state index in [1.807, 2.05) is 14.0 Å². The van der Waals surface area contributed by atoms with Crippen LogP contribution in [-0.2, 0) is 23.2 Å². The fourth-order valence-corrected chi connectivity index (χ4v) is 3.66. The van der Waals surface area contributed by atoms with Gasteiger partial charge in [0.2, 0.25) is 5.89 Å². The molecule has 0 aliphatic carbocycles. The zero-order valence-corrected chi connectivity index (χ0v) is 13.4. The van der Waals surface area contributed by atoms with Crippen LogP contribution in [0.1, 0.15) is 31.4 Å². The lowest BCUT2D eigenvalue weighted by molar-refractivity contribution is 0.267. The van der Waals surface area contributed by atoms with Crippen LogP contribution in [0, 0.1) is 5.92 Å². The Labute approximate surface area is 126 Å². The molecule has 0 atom stereocenters. The molecule has 1 fully saturated rings. The van der Waals surface area contributed by atoms with E-state index < -0.39 is 10.2 Å². The Balaban J connectivity index is 1.84. The lowest BCUT2D eigenvalue weighted by Gasteiger charge is -2.30. The van der Waals surface area contributed by atoms with Crippen molar-refractivity contribution in [3.63, 3.8) is 0 Å². The summed E-state index contributed by atoms with van der Waals surface area (Å²) in [6, 6.07) is 0. The van der Waals surface area contributed by atoms with Gasteiger partial charge in [0.1, 0.15) is 5.76 Å². The second-order valence-electron chi connectivity index (χ2n) is 5.30. The van der Waals surface area contributed by atoms with E-state index in [0.29, 0.717) is 24.9 Å². The molecule has 0 radical (unpaired) electrons. The Morgan fingerprint density at radius 1 is 1.43 bits per heavy atom. The van der Waals surface area contributed by atoms with Gasteiger partial charge in [0.15, 0.2) is 0 Å². The minimum atomic E-state index is -3.45. The van der Waals surface area contributed by atoms with Gasteiger partial charge in [-0.2, -0.15) is 17.4 Å². The minimum absolute atomic E-state index is 0.0960. The molecule has 0 unspecified atom stereocenters. The molecule has 0 aromatic carbocycles. The monoisotopic (exact) mass is 316 g/mol. The first kappa shape index (κ1) is 16.4. The summed E-state index contributed by atoms with van der Waals surface area (Å²) in [5.41, 5.74) is 0. The van der Waals surface area contributed by atoms with Gasteiger partial charge < -0.3 is 9.73 Å². The summed E-state index contributed by atoms with van der Waals surface area (Å²) in [5, 5.41) is 3.14. The molecule has 7 nitrogen and oxygen atoms in total. The van der Waals surface area contributed by atoms with Crippen molar-refractivity contribution in [2.45, 2.75) is 32.7 Å². The summed E-state index contributed by atoms with van der Waals surface area (Å²) in [7, 11) is -1.53. The van der Waals surface area contributed by atoms with Crippen LogP contribution in [0.4, 0.5) is 0 Å². The van der Waals surface area contributed by atoms with Crippen LogP contribution in [0.5, 0.6) is 0 Å². The molecule has 120 valence electrons. The number of oxazole rings is 1. The number of aromatic nitrogens is 1. The Morgan fingerprint density at radius 2 is 2.14 bits per heavy atom. The van der Waals surface area contributed by atoms with Crippen molar-refractivity contribution in [1.82, 2.24) is 19.3 Å². The second-order valence-corrected chi connectivity index (χ2v) is 7.06. The van der Waals surface area contributed by atoms with Gasteiger partial charge in [-0.05, 0) is 32.4 Å². The standard InChI is InChI=1S/C13H24N4O3S/c1-3-12-9-15-13(20-12)10-16-21(18,19)17-6-4-11(5-7-17)8-14-2/h9,11,14,16H,3-8,10H2,1-2H3. The average Bonchev–Trinajstić information content (AvgIpc) is 2.94. The van der Waals surface area contributed by atoms with Gasteiger partial charge in [0.05, 0.1) is 12.7 Å². The third kappa shape index (κ3) is 4.50. The molecule has 0 spiro atoms. The van der Waals surface area contributed by atoms with Crippen molar-refractivity contribution in [3.8, 4) is 0 Å². The van der Waals surface area contributed by atoms with E-state index in [2.05, 4.69) is 15.0 Å². The van der Waals surface area contributed by atoms with E-state index in [1.54, 1.807) is 6.20 Å². The van der Waals surface area contributed by atoms with E-state index in [-0.39, 0.29) is 6.54 Å². The SMILES string of the molecule is CCc1cnc(CNS(=O)(=O)N2CCC(CNC)CC2)o1. The number of nitrogens with one attached hydrogen (secondary N) is 2. The predicted molar refractivity (Wildman–Crippen MR) is 79.9 cm³/mol. The lowest BCUT2D eigenvalue weighted by Crippen LogP contribution is -2.45. The zero-order valence-electron chi connectivity index (χ0n) is 12.6. The molecular formula is C13H24N4O3S. The molecule has 2 N–H and O–H groups in total. The van der Waals surface area contributed by atoms with E-state index in [1.165, 1.54) is 4.31 Å². The molecule has 2 heterocycles. The first-order chi connectivity index (χ1) is 10.0. The highest BCUT2D eigenvalue weighted by molar-refractivity contribution is 7.87. The Morgan fingerprint density at radius 3 is 2.71 bits per heavy atom. The summed E-state index contributed by atoms with van der Waals surface area (Å²) in [6.07, 6.45) is 4.16. The smallest absolute Gasteiger partial charge is 0.279 e. The van der Waals surface area contributed by atoms with Crippen molar-refractivity contribution in [3.05, 3.63) is 17.8 Å². The number of rotatable bonds is 7. The molecule has 1 saturated heterocycles. The van der Waals surface area contributed by atoms with Crippen molar-refractivity contribution in [2.24, 2.45) is 5.92 Å². The summed E-state index contributed by atoms with van der Waals surface area (Å²) in [5.74, 6) is 1.72. The molecule has 8 heteroatoms. The highest BCUT2D eigenvalue weighted by Crippen LogP contribution is 2.18. The van der Waals surface area contributed by atoms with Crippen LogP contribution in [0.15, 0.2) is 10.6 Å². The zero-order chi connectivity index (χ0) is 15.3. The lowest BCUT2D eigenvalue weighted by atomic mass is 9.98. The van der Waals surface area contributed by atoms with E-state index in [9.17, 15) is 8.42 Å². The quantitative estimate of drug-likeness (QED) is 0.765. The van der Waals surface area contributed by atoms with Gasteiger partial charge in [0, 0.05) is 19.5 Å². The van der Waals surface area contributed by atoms with Crippen molar-refractivity contribution < 1.29 is 12.8 Å². The van der Waals surface area contributed by atoms with Gasteiger partial charge in [0.25, 0.3) is 10.2 Å². The summed E-state index contributed by atoms with van der Waals surface area (Å²) < 4.78 is 33.9. The second kappa shape index (κ2) is 7.35. The van der Waals surface area contributed by atoms with Gasteiger partial charge in [-0.15, -0.1) is 0 Å². The van der Waals surface area contributed by atoms with Crippen molar-refractivity contribution in [1.29, 1.82) is 0 Å². The number of piperidine rings is 1. The van der Waals surface area contributed by atoms with Crippen LogP contribution in [0.3, 0.4) is 0 Å². The highest BCUT2D eigenvalue weighted by atomic mass is 32.2. The molecule has 0 bridgehead atoms. The molecule has 1 aromatic heterocycles. The molecule has 1 aliphatic heterocycles. The van der Waals surface area contributed by atoms with Crippen LogP contribution < -0.4 is 10.0 Å². The van der Waals surface area contributed by atoms with Crippen LogP contribution in [0.25, 0.3) is 0 Å². The number of aryl methyl sites for hydroxylation is 1. The molecule has 1 aliphatic rings. The van der Waals surface area contributed by atoms with E-state index in [0.717, 1.165) is 31.6 Å². The maximum Gasteiger partial charge on any atom is 0.279 e. The third-order valence-electron chi connectivity index (χ3n) is 3.76. The largest absolute Gasteiger partial charge is 0.444 e. The topological polar surface area (TPSA) is 87.5 Å². The summed E-state index contributed by atoms with van der Waals surface area (Å²) >= 11 is 0. The first-order valence-corrected chi connectivity index (χ1v) is 8.82. The van der Waals surface area contributed by atoms with Crippen LogP contribution >= 0.6 is 0 Å². The number of nitrogens with zero attached hydrogens (tertiary/aromatic N) is 2. The maximum atomic E-state index is 12.2. The Bertz CT molecular complexity index is 535. The minimum Gasteiger partial charge on any atom is -0.444 e. The molecule has 21 heavy (non-hydrogen) atoms. The van der Waals surface area contributed by atoms with Crippen LogP contribution in [-0.4, -0.2) is 44.4 Å². The molecule has 0 amide bonds. The van der Waals surface area contributed by atoms with Crippen LogP contribution in [0.2, 0.25) is 0 Å². The predicted octanol–water partition coefficient (Wildman–Crippen LogP) is 0.503.